The molecule has 0 heterocycles. The zero-order valence-corrected chi connectivity index (χ0v) is 12.4. The summed E-state index contributed by atoms with van der Waals surface area (Å²) in [4.78, 5) is 0. The standard InChI is InChI=1S/C15H33NO/c1-5-8-10-15(7-3)13-17-12-11-16-14(4)9-6-2/h14-16H,5-13H2,1-4H3. The van der Waals surface area contributed by atoms with Crippen molar-refractivity contribution in [2.24, 2.45) is 5.92 Å². The minimum absolute atomic E-state index is 0.630. The van der Waals surface area contributed by atoms with Gasteiger partial charge in [0.15, 0.2) is 0 Å². The van der Waals surface area contributed by atoms with E-state index in [2.05, 4.69) is 33.0 Å². The molecule has 2 nitrogen and oxygen atoms in total. The Labute approximate surface area is 109 Å². The highest BCUT2D eigenvalue weighted by atomic mass is 16.5. The molecule has 1 N–H and O–H groups in total. The molecule has 0 radical (unpaired) electrons. The molecule has 0 aromatic heterocycles. The molecule has 2 atom stereocenters. The Hall–Kier alpha value is -0.0800. The normalized spacial score (nSPS) is 14.8. The molecular weight excluding hydrogens is 210 g/mol. The van der Waals surface area contributed by atoms with Crippen LogP contribution >= 0.6 is 0 Å². The van der Waals surface area contributed by atoms with Gasteiger partial charge >= 0.3 is 0 Å². The maximum atomic E-state index is 5.75. The minimum Gasteiger partial charge on any atom is -0.380 e. The predicted molar refractivity (Wildman–Crippen MR) is 76.5 cm³/mol. The third-order valence-electron chi connectivity index (χ3n) is 3.36. The van der Waals surface area contributed by atoms with Gasteiger partial charge in [0.25, 0.3) is 0 Å². The fourth-order valence-corrected chi connectivity index (χ4v) is 2.06. The van der Waals surface area contributed by atoms with Gasteiger partial charge in [-0.1, -0.05) is 46.5 Å². The van der Waals surface area contributed by atoms with Crippen LogP contribution in [0.1, 0.15) is 66.2 Å². The Morgan fingerprint density at radius 1 is 1.06 bits per heavy atom. The van der Waals surface area contributed by atoms with Crippen molar-refractivity contribution in [2.45, 2.75) is 72.3 Å². The van der Waals surface area contributed by atoms with E-state index in [1.807, 2.05) is 0 Å². The summed E-state index contributed by atoms with van der Waals surface area (Å²) < 4.78 is 5.75. The molecule has 0 fully saturated rings. The van der Waals surface area contributed by atoms with Crippen LogP contribution in [0.25, 0.3) is 0 Å². The molecule has 0 aromatic rings. The van der Waals surface area contributed by atoms with E-state index >= 15 is 0 Å². The first-order chi connectivity index (χ1) is 8.24. The van der Waals surface area contributed by atoms with Gasteiger partial charge in [-0.25, -0.2) is 0 Å². The Bertz CT molecular complexity index is 150. The maximum absolute atomic E-state index is 5.75. The second-order valence-electron chi connectivity index (χ2n) is 5.14. The van der Waals surface area contributed by atoms with Crippen molar-refractivity contribution in [1.29, 1.82) is 0 Å². The number of ether oxygens (including phenoxy) is 1. The summed E-state index contributed by atoms with van der Waals surface area (Å²) in [5, 5.41) is 3.49. The highest BCUT2D eigenvalue weighted by molar-refractivity contribution is 4.59. The zero-order chi connectivity index (χ0) is 12.9. The Kier molecular flexibility index (Phi) is 12.3. The summed E-state index contributed by atoms with van der Waals surface area (Å²) >= 11 is 0. The van der Waals surface area contributed by atoms with Crippen molar-refractivity contribution in [3.8, 4) is 0 Å². The van der Waals surface area contributed by atoms with Crippen LogP contribution < -0.4 is 5.32 Å². The molecule has 0 bridgehead atoms. The van der Waals surface area contributed by atoms with E-state index in [4.69, 9.17) is 4.74 Å². The summed E-state index contributed by atoms with van der Waals surface area (Å²) in [5.41, 5.74) is 0. The third-order valence-corrected chi connectivity index (χ3v) is 3.36. The lowest BCUT2D eigenvalue weighted by Crippen LogP contribution is -2.29. The van der Waals surface area contributed by atoms with Gasteiger partial charge < -0.3 is 10.1 Å². The van der Waals surface area contributed by atoms with Gasteiger partial charge in [0, 0.05) is 19.2 Å². The van der Waals surface area contributed by atoms with Crippen molar-refractivity contribution in [3.63, 3.8) is 0 Å². The van der Waals surface area contributed by atoms with Crippen molar-refractivity contribution in [3.05, 3.63) is 0 Å². The van der Waals surface area contributed by atoms with Crippen LogP contribution in [0.4, 0.5) is 0 Å². The van der Waals surface area contributed by atoms with Crippen LogP contribution in [0.5, 0.6) is 0 Å². The SMILES string of the molecule is CCCCC(CC)COCCNC(C)CCC. The number of unbranched alkanes of at least 4 members (excludes halogenated alkanes) is 1. The molecule has 104 valence electrons. The molecule has 0 aromatic carbocycles. The molecule has 0 saturated carbocycles. The molecule has 2 heteroatoms. The van der Waals surface area contributed by atoms with Gasteiger partial charge in [-0.2, -0.15) is 0 Å². The highest BCUT2D eigenvalue weighted by Gasteiger charge is 2.05. The number of nitrogens with one attached hydrogen (secondary N) is 1. The second-order valence-corrected chi connectivity index (χ2v) is 5.14. The van der Waals surface area contributed by atoms with Gasteiger partial charge in [0.05, 0.1) is 6.61 Å². The molecule has 17 heavy (non-hydrogen) atoms. The van der Waals surface area contributed by atoms with Gasteiger partial charge in [-0.15, -0.1) is 0 Å². The van der Waals surface area contributed by atoms with Gasteiger partial charge in [0.1, 0.15) is 0 Å². The summed E-state index contributed by atoms with van der Waals surface area (Å²) in [5.74, 6) is 0.767. The number of hydrogen-bond acceptors (Lipinski definition) is 2. The molecule has 2 unspecified atom stereocenters. The van der Waals surface area contributed by atoms with Crippen molar-refractivity contribution in [2.75, 3.05) is 19.8 Å². The first kappa shape index (κ1) is 16.9. The molecule has 0 aliphatic rings. The van der Waals surface area contributed by atoms with Crippen LogP contribution in [-0.4, -0.2) is 25.8 Å². The summed E-state index contributed by atoms with van der Waals surface area (Å²) in [6.45, 7) is 11.8. The van der Waals surface area contributed by atoms with Crippen molar-refractivity contribution in [1.82, 2.24) is 5.32 Å². The van der Waals surface area contributed by atoms with Crippen LogP contribution in [-0.2, 0) is 4.74 Å². The van der Waals surface area contributed by atoms with Crippen molar-refractivity contribution < 1.29 is 4.74 Å². The Morgan fingerprint density at radius 3 is 2.41 bits per heavy atom. The van der Waals surface area contributed by atoms with Crippen LogP contribution in [0.3, 0.4) is 0 Å². The molecule has 0 spiro atoms. The first-order valence-electron chi connectivity index (χ1n) is 7.55. The first-order valence-corrected chi connectivity index (χ1v) is 7.55. The quantitative estimate of drug-likeness (QED) is 0.523. The van der Waals surface area contributed by atoms with Gasteiger partial charge in [-0.05, 0) is 25.7 Å². The lowest BCUT2D eigenvalue weighted by molar-refractivity contribution is 0.0943. The van der Waals surface area contributed by atoms with E-state index in [0.29, 0.717) is 6.04 Å². The highest BCUT2D eigenvalue weighted by Crippen LogP contribution is 2.12. The van der Waals surface area contributed by atoms with Gasteiger partial charge in [0.2, 0.25) is 0 Å². The molecule has 0 aliphatic heterocycles. The molecular formula is C15H33NO. The fourth-order valence-electron chi connectivity index (χ4n) is 2.06. The largest absolute Gasteiger partial charge is 0.380 e. The zero-order valence-electron chi connectivity index (χ0n) is 12.4. The monoisotopic (exact) mass is 243 g/mol. The van der Waals surface area contributed by atoms with Crippen LogP contribution in [0, 0.1) is 5.92 Å². The fraction of sp³-hybridized carbons (Fsp3) is 1.00. The lowest BCUT2D eigenvalue weighted by Gasteiger charge is -2.16. The second kappa shape index (κ2) is 12.4. The average molecular weight is 243 g/mol. The van der Waals surface area contributed by atoms with E-state index in [9.17, 15) is 0 Å². The summed E-state index contributed by atoms with van der Waals surface area (Å²) in [6, 6.07) is 0.630. The summed E-state index contributed by atoms with van der Waals surface area (Å²) in [6.07, 6.45) is 7.73. The Balaban J connectivity index is 3.35. The molecule has 0 rings (SSSR count). The Morgan fingerprint density at radius 2 is 1.82 bits per heavy atom. The topological polar surface area (TPSA) is 21.3 Å². The van der Waals surface area contributed by atoms with E-state index in [0.717, 1.165) is 25.7 Å². The van der Waals surface area contributed by atoms with Gasteiger partial charge in [-0.3, -0.25) is 0 Å². The van der Waals surface area contributed by atoms with Crippen LogP contribution in [0.2, 0.25) is 0 Å². The lowest BCUT2D eigenvalue weighted by atomic mass is 10.0. The smallest absolute Gasteiger partial charge is 0.0591 e. The van der Waals surface area contributed by atoms with E-state index in [-0.39, 0.29) is 0 Å². The molecule has 0 aliphatic carbocycles. The van der Waals surface area contributed by atoms with Crippen molar-refractivity contribution >= 4 is 0 Å². The van der Waals surface area contributed by atoms with Crippen LogP contribution in [0.15, 0.2) is 0 Å². The number of hydrogen-bond donors (Lipinski definition) is 1. The third kappa shape index (κ3) is 10.8. The minimum atomic E-state index is 0.630. The average Bonchev–Trinajstić information content (AvgIpc) is 2.33. The summed E-state index contributed by atoms with van der Waals surface area (Å²) in [7, 11) is 0. The van der Waals surface area contributed by atoms with E-state index in [1.165, 1.54) is 38.5 Å². The number of rotatable bonds is 12. The predicted octanol–water partition coefficient (Wildman–Crippen LogP) is 4.00. The van der Waals surface area contributed by atoms with E-state index < -0.39 is 0 Å². The molecule has 0 amide bonds. The molecule has 0 saturated heterocycles. The van der Waals surface area contributed by atoms with E-state index in [1.54, 1.807) is 0 Å². The maximum Gasteiger partial charge on any atom is 0.0591 e.